The van der Waals surface area contributed by atoms with Crippen LogP contribution in [0, 0.1) is 5.92 Å². The van der Waals surface area contributed by atoms with Crippen LogP contribution in [0.4, 0.5) is 0 Å². The van der Waals surface area contributed by atoms with Gasteiger partial charge in [-0.1, -0.05) is 50.2 Å². The van der Waals surface area contributed by atoms with Gasteiger partial charge in [-0.25, -0.2) is 4.98 Å². The quantitative estimate of drug-likeness (QED) is 0.777. The molecule has 0 bridgehead atoms. The highest BCUT2D eigenvalue weighted by Gasteiger charge is 2.12. The van der Waals surface area contributed by atoms with Crippen LogP contribution in [0.15, 0.2) is 48.5 Å². The largest absolute Gasteiger partial charge is 0.351 e. The molecule has 0 unspecified atom stereocenters. The van der Waals surface area contributed by atoms with Gasteiger partial charge in [-0.3, -0.25) is 9.59 Å². The third-order valence-electron chi connectivity index (χ3n) is 3.76. The molecule has 0 saturated heterocycles. The highest BCUT2D eigenvalue weighted by molar-refractivity contribution is 5.96. The zero-order valence-corrected chi connectivity index (χ0v) is 14.8. The standard InChI is InChI=1S/C20H25N3O2/c1-15(2)11-13-21-19(24)17-9-6-10-18(23-17)20(25)22-14-12-16-7-4-3-5-8-16/h3-10,15H,11-14H2,1-2H3,(H,21,24)(H,22,25). The van der Waals surface area contributed by atoms with Crippen molar-refractivity contribution in [1.82, 2.24) is 15.6 Å². The van der Waals surface area contributed by atoms with Gasteiger partial charge >= 0.3 is 0 Å². The van der Waals surface area contributed by atoms with Crippen LogP contribution in [-0.4, -0.2) is 29.9 Å². The fourth-order valence-corrected chi connectivity index (χ4v) is 2.31. The molecule has 5 heteroatoms. The molecule has 0 radical (unpaired) electrons. The van der Waals surface area contributed by atoms with Crippen molar-refractivity contribution in [1.29, 1.82) is 0 Å². The number of pyridine rings is 1. The minimum Gasteiger partial charge on any atom is -0.351 e. The predicted octanol–water partition coefficient (Wildman–Crippen LogP) is 2.83. The van der Waals surface area contributed by atoms with Crippen molar-refractivity contribution in [2.75, 3.05) is 13.1 Å². The van der Waals surface area contributed by atoms with Gasteiger partial charge in [-0.15, -0.1) is 0 Å². The van der Waals surface area contributed by atoms with Crippen molar-refractivity contribution < 1.29 is 9.59 Å². The zero-order chi connectivity index (χ0) is 18.1. The first-order chi connectivity index (χ1) is 12.1. The number of hydrogen-bond donors (Lipinski definition) is 2. The number of nitrogens with zero attached hydrogens (tertiary/aromatic N) is 1. The van der Waals surface area contributed by atoms with Gasteiger partial charge in [0.1, 0.15) is 11.4 Å². The Hall–Kier alpha value is -2.69. The number of carbonyl (C=O) groups is 2. The molecule has 132 valence electrons. The molecule has 0 saturated carbocycles. The second kappa shape index (κ2) is 9.57. The SMILES string of the molecule is CC(C)CCNC(=O)c1cccc(C(=O)NCCc2ccccc2)n1. The number of carbonyl (C=O) groups excluding carboxylic acids is 2. The molecule has 0 fully saturated rings. The number of nitrogens with one attached hydrogen (secondary N) is 2. The lowest BCUT2D eigenvalue weighted by atomic mass is 10.1. The topological polar surface area (TPSA) is 71.1 Å². The van der Waals surface area contributed by atoms with Gasteiger partial charge in [0, 0.05) is 13.1 Å². The fraction of sp³-hybridized carbons (Fsp3) is 0.350. The van der Waals surface area contributed by atoms with Crippen molar-refractivity contribution in [3.05, 3.63) is 65.5 Å². The first kappa shape index (κ1) is 18.6. The maximum absolute atomic E-state index is 12.2. The van der Waals surface area contributed by atoms with Gasteiger partial charge < -0.3 is 10.6 Å². The Bertz CT molecular complexity index is 699. The van der Waals surface area contributed by atoms with E-state index in [0.717, 1.165) is 18.4 Å². The Kier molecular flexibility index (Phi) is 7.14. The lowest BCUT2D eigenvalue weighted by Crippen LogP contribution is -2.29. The van der Waals surface area contributed by atoms with E-state index in [-0.39, 0.29) is 23.2 Å². The molecule has 1 heterocycles. The van der Waals surface area contributed by atoms with Gasteiger partial charge in [0.15, 0.2) is 0 Å². The molecule has 2 amide bonds. The molecule has 0 aliphatic heterocycles. The fourth-order valence-electron chi connectivity index (χ4n) is 2.31. The Morgan fingerprint density at radius 3 is 2.08 bits per heavy atom. The van der Waals surface area contributed by atoms with Gasteiger partial charge in [0.25, 0.3) is 11.8 Å². The summed E-state index contributed by atoms with van der Waals surface area (Å²) in [4.78, 5) is 28.5. The van der Waals surface area contributed by atoms with E-state index in [2.05, 4.69) is 29.5 Å². The molecule has 0 atom stereocenters. The van der Waals surface area contributed by atoms with Crippen LogP contribution in [0.3, 0.4) is 0 Å². The van der Waals surface area contributed by atoms with E-state index < -0.39 is 0 Å². The summed E-state index contributed by atoms with van der Waals surface area (Å²) in [6.45, 7) is 5.33. The lowest BCUT2D eigenvalue weighted by molar-refractivity contribution is 0.0944. The number of aromatic nitrogens is 1. The van der Waals surface area contributed by atoms with Crippen LogP contribution in [0.2, 0.25) is 0 Å². The van der Waals surface area contributed by atoms with Crippen molar-refractivity contribution in [3.63, 3.8) is 0 Å². The monoisotopic (exact) mass is 339 g/mol. The molecular weight excluding hydrogens is 314 g/mol. The van der Waals surface area contributed by atoms with Gasteiger partial charge in [0.05, 0.1) is 0 Å². The van der Waals surface area contributed by atoms with E-state index in [9.17, 15) is 9.59 Å². The van der Waals surface area contributed by atoms with Crippen molar-refractivity contribution in [2.45, 2.75) is 26.7 Å². The first-order valence-electron chi connectivity index (χ1n) is 8.63. The highest BCUT2D eigenvalue weighted by atomic mass is 16.2. The lowest BCUT2D eigenvalue weighted by Gasteiger charge is -2.08. The van der Waals surface area contributed by atoms with Crippen molar-refractivity contribution in [2.24, 2.45) is 5.92 Å². The predicted molar refractivity (Wildman–Crippen MR) is 98.5 cm³/mol. The van der Waals surface area contributed by atoms with E-state index >= 15 is 0 Å². The Balaban J connectivity index is 1.86. The molecule has 0 aliphatic rings. The summed E-state index contributed by atoms with van der Waals surface area (Å²) in [6, 6.07) is 14.9. The Morgan fingerprint density at radius 1 is 0.880 bits per heavy atom. The van der Waals surface area contributed by atoms with Crippen LogP contribution in [0.5, 0.6) is 0 Å². The zero-order valence-electron chi connectivity index (χ0n) is 14.8. The van der Waals surface area contributed by atoms with Crippen LogP contribution in [0.25, 0.3) is 0 Å². The third kappa shape index (κ3) is 6.37. The van der Waals surface area contributed by atoms with Gasteiger partial charge in [-0.2, -0.15) is 0 Å². The van der Waals surface area contributed by atoms with Crippen LogP contribution >= 0.6 is 0 Å². The number of hydrogen-bond acceptors (Lipinski definition) is 3. The Morgan fingerprint density at radius 2 is 1.48 bits per heavy atom. The second-order valence-corrected chi connectivity index (χ2v) is 6.34. The molecule has 2 aromatic rings. The molecule has 2 rings (SSSR count). The van der Waals surface area contributed by atoms with E-state index in [1.54, 1.807) is 18.2 Å². The maximum Gasteiger partial charge on any atom is 0.269 e. The van der Waals surface area contributed by atoms with E-state index in [0.29, 0.717) is 19.0 Å². The first-order valence-corrected chi connectivity index (χ1v) is 8.63. The average molecular weight is 339 g/mol. The van der Waals surface area contributed by atoms with E-state index in [4.69, 9.17) is 0 Å². The van der Waals surface area contributed by atoms with Gasteiger partial charge in [-0.05, 0) is 36.5 Å². The third-order valence-corrected chi connectivity index (χ3v) is 3.76. The summed E-state index contributed by atoms with van der Waals surface area (Å²) in [5.41, 5.74) is 1.68. The van der Waals surface area contributed by atoms with Crippen LogP contribution in [0.1, 0.15) is 46.8 Å². The number of amides is 2. The van der Waals surface area contributed by atoms with Crippen LogP contribution in [-0.2, 0) is 6.42 Å². The van der Waals surface area contributed by atoms with Crippen molar-refractivity contribution >= 4 is 11.8 Å². The summed E-state index contributed by atoms with van der Waals surface area (Å²) in [7, 11) is 0. The summed E-state index contributed by atoms with van der Waals surface area (Å²) in [5.74, 6) is 0.00216. The summed E-state index contributed by atoms with van der Waals surface area (Å²) >= 11 is 0. The van der Waals surface area contributed by atoms with E-state index in [1.807, 2.05) is 30.3 Å². The van der Waals surface area contributed by atoms with Crippen molar-refractivity contribution in [3.8, 4) is 0 Å². The number of benzene rings is 1. The molecule has 2 N–H and O–H groups in total. The highest BCUT2D eigenvalue weighted by Crippen LogP contribution is 2.02. The molecule has 0 spiro atoms. The smallest absolute Gasteiger partial charge is 0.269 e. The average Bonchev–Trinajstić information content (AvgIpc) is 2.62. The minimum atomic E-state index is -0.271. The van der Waals surface area contributed by atoms with Gasteiger partial charge in [0.2, 0.25) is 0 Å². The van der Waals surface area contributed by atoms with Crippen LogP contribution < -0.4 is 10.6 Å². The number of rotatable bonds is 8. The molecule has 1 aromatic carbocycles. The maximum atomic E-state index is 12.2. The van der Waals surface area contributed by atoms with E-state index in [1.165, 1.54) is 0 Å². The molecule has 25 heavy (non-hydrogen) atoms. The Labute approximate surface area is 148 Å². The molecule has 1 aromatic heterocycles. The second-order valence-electron chi connectivity index (χ2n) is 6.34. The summed E-state index contributed by atoms with van der Waals surface area (Å²) in [6.07, 6.45) is 1.66. The molecular formula is C20H25N3O2. The normalized spacial score (nSPS) is 10.5. The summed E-state index contributed by atoms with van der Waals surface area (Å²) < 4.78 is 0. The summed E-state index contributed by atoms with van der Waals surface area (Å²) in [5, 5.41) is 5.67. The molecule has 0 aliphatic carbocycles. The minimum absolute atomic E-state index is 0.250. The molecule has 5 nitrogen and oxygen atoms in total.